The van der Waals surface area contributed by atoms with E-state index in [1.165, 1.54) is 0 Å². The van der Waals surface area contributed by atoms with Gasteiger partial charge in [0.2, 0.25) is 0 Å². The number of rotatable bonds is 2. The Kier molecular flexibility index (Phi) is 3.71. The third kappa shape index (κ3) is 5.70. The summed E-state index contributed by atoms with van der Waals surface area (Å²) in [7, 11) is 0. The molecule has 0 heterocycles. The number of hydrogen-bond donors (Lipinski definition) is 1. The van der Waals surface area contributed by atoms with Crippen LogP contribution in [0, 0.1) is 0 Å². The van der Waals surface area contributed by atoms with Crippen LogP contribution >= 0.6 is 0 Å². The van der Waals surface area contributed by atoms with Crippen LogP contribution in [0.1, 0.15) is 20.3 Å². The van der Waals surface area contributed by atoms with E-state index in [1.807, 2.05) is 13.0 Å². The monoisotopic (exact) mass is 100 g/mol. The predicted molar refractivity (Wildman–Crippen MR) is 31.1 cm³/mol. The van der Waals surface area contributed by atoms with Gasteiger partial charge in [-0.2, -0.15) is 0 Å². The van der Waals surface area contributed by atoms with Crippen molar-refractivity contribution in [2.45, 2.75) is 26.4 Å². The van der Waals surface area contributed by atoms with Crippen molar-refractivity contribution in [3.63, 3.8) is 0 Å². The molecule has 0 unspecified atom stereocenters. The fourth-order valence-corrected chi connectivity index (χ4v) is 0.333. The second-order valence-electron chi connectivity index (χ2n) is 1.58. The number of aliphatic hydroxyl groups is 1. The summed E-state index contributed by atoms with van der Waals surface area (Å²) in [6, 6.07) is 0. The Hall–Kier alpha value is -0.300. The lowest BCUT2D eigenvalue weighted by atomic mass is 10.3. The Morgan fingerprint density at radius 2 is 2.29 bits per heavy atom. The first-order chi connectivity index (χ1) is 3.27. The van der Waals surface area contributed by atoms with Crippen LogP contribution in [0.5, 0.6) is 0 Å². The van der Waals surface area contributed by atoms with Crippen molar-refractivity contribution in [2.75, 3.05) is 0 Å². The summed E-state index contributed by atoms with van der Waals surface area (Å²) in [6.45, 7) is 3.78. The van der Waals surface area contributed by atoms with E-state index >= 15 is 0 Å². The maximum atomic E-state index is 8.60. The van der Waals surface area contributed by atoms with Crippen LogP contribution in [0.4, 0.5) is 0 Å². The molecule has 0 aliphatic rings. The molecule has 0 bridgehead atoms. The van der Waals surface area contributed by atoms with Gasteiger partial charge in [0.25, 0.3) is 0 Å². The van der Waals surface area contributed by atoms with Gasteiger partial charge in [0.15, 0.2) is 0 Å². The van der Waals surface area contributed by atoms with E-state index in [1.54, 1.807) is 13.0 Å². The summed E-state index contributed by atoms with van der Waals surface area (Å²) in [5.41, 5.74) is 0. The first-order valence-electron chi connectivity index (χ1n) is 2.62. The SMILES string of the molecule is CCC=C[C@@H](C)O. The van der Waals surface area contributed by atoms with Gasteiger partial charge in [-0.15, -0.1) is 0 Å². The van der Waals surface area contributed by atoms with E-state index < -0.39 is 0 Å². The molecule has 7 heavy (non-hydrogen) atoms. The van der Waals surface area contributed by atoms with Crippen LogP contribution in [-0.2, 0) is 0 Å². The molecule has 0 aromatic rings. The second-order valence-corrected chi connectivity index (χ2v) is 1.58. The summed E-state index contributed by atoms with van der Waals surface area (Å²) in [5, 5.41) is 8.60. The van der Waals surface area contributed by atoms with Crippen molar-refractivity contribution in [1.82, 2.24) is 0 Å². The molecule has 0 saturated heterocycles. The lowest BCUT2D eigenvalue weighted by Crippen LogP contribution is -1.90. The van der Waals surface area contributed by atoms with Crippen molar-refractivity contribution < 1.29 is 5.11 Å². The molecule has 0 rings (SSSR count). The fraction of sp³-hybridized carbons (Fsp3) is 0.667. The third-order valence-electron chi connectivity index (χ3n) is 0.650. The Labute approximate surface area is 44.7 Å². The minimum atomic E-state index is -0.278. The minimum Gasteiger partial charge on any atom is -0.389 e. The zero-order chi connectivity index (χ0) is 5.70. The van der Waals surface area contributed by atoms with Gasteiger partial charge >= 0.3 is 0 Å². The van der Waals surface area contributed by atoms with Crippen LogP contribution in [0.15, 0.2) is 12.2 Å². The number of aliphatic hydroxyl groups excluding tert-OH is 1. The lowest BCUT2D eigenvalue weighted by molar-refractivity contribution is 0.244. The molecule has 0 aliphatic carbocycles. The van der Waals surface area contributed by atoms with E-state index in [2.05, 4.69) is 0 Å². The highest BCUT2D eigenvalue weighted by Crippen LogP contribution is 1.84. The summed E-state index contributed by atoms with van der Waals surface area (Å²) in [6.07, 6.45) is 4.45. The minimum absolute atomic E-state index is 0.278. The number of hydrogen-bond acceptors (Lipinski definition) is 1. The Morgan fingerprint density at radius 1 is 1.71 bits per heavy atom. The lowest BCUT2D eigenvalue weighted by Gasteiger charge is -1.88. The molecule has 0 saturated carbocycles. The molecule has 0 aliphatic heterocycles. The topological polar surface area (TPSA) is 20.2 Å². The zero-order valence-corrected chi connectivity index (χ0v) is 4.89. The fourth-order valence-electron chi connectivity index (χ4n) is 0.333. The standard InChI is InChI=1S/C6H12O/c1-3-4-5-6(2)7/h4-7H,3H2,1-2H3/t6-/m1/s1. The van der Waals surface area contributed by atoms with E-state index in [0.717, 1.165) is 6.42 Å². The molecule has 0 radical (unpaired) electrons. The highest BCUT2D eigenvalue weighted by atomic mass is 16.3. The molecule has 1 atom stereocenters. The molecular weight excluding hydrogens is 88.1 g/mol. The van der Waals surface area contributed by atoms with Gasteiger partial charge in [-0.05, 0) is 13.3 Å². The third-order valence-corrected chi connectivity index (χ3v) is 0.650. The zero-order valence-electron chi connectivity index (χ0n) is 4.89. The second kappa shape index (κ2) is 3.88. The summed E-state index contributed by atoms with van der Waals surface area (Å²) in [4.78, 5) is 0. The molecule has 0 spiro atoms. The van der Waals surface area contributed by atoms with Crippen molar-refractivity contribution in [1.29, 1.82) is 0 Å². The van der Waals surface area contributed by atoms with Gasteiger partial charge in [0, 0.05) is 0 Å². The Balaban J connectivity index is 3.08. The maximum absolute atomic E-state index is 8.60. The summed E-state index contributed by atoms with van der Waals surface area (Å²) < 4.78 is 0. The van der Waals surface area contributed by atoms with Gasteiger partial charge in [0.05, 0.1) is 6.10 Å². The van der Waals surface area contributed by atoms with Crippen molar-refractivity contribution in [3.05, 3.63) is 12.2 Å². The van der Waals surface area contributed by atoms with E-state index in [-0.39, 0.29) is 6.10 Å². The first-order valence-corrected chi connectivity index (χ1v) is 2.62. The first kappa shape index (κ1) is 6.70. The highest BCUT2D eigenvalue weighted by Gasteiger charge is 1.79. The van der Waals surface area contributed by atoms with Crippen molar-refractivity contribution >= 4 is 0 Å². The smallest absolute Gasteiger partial charge is 0.0692 e. The Bertz CT molecular complexity index is 55.2. The molecule has 0 amide bonds. The van der Waals surface area contributed by atoms with Gasteiger partial charge in [-0.3, -0.25) is 0 Å². The van der Waals surface area contributed by atoms with Crippen molar-refractivity contribution in [2.24, 2.45) is 0 Å². The van der Waals surface area contributed by atoms with Crippen LogP contribution < -0.4 is 0 Å². The molecule has 1 nitrogen and oxygen atoms in total. The molecule has 42 valence electrons. The maximum Gasteiger partial charge on any atom is 0.0692 e. The Morgan fingerprint density at radius 3 is 2.43 bits per heavy atom. The summed E-state index contributed by atoms with van der Waals surface area (Å²) in [5.74, 6) is 0. The predicted octanol–water partition coefficient (Wildman–Crippen LogP) is 1.33. The van der Waals surface area contributed by atoms with Gasteiger partial charge in [0.1, 0.15) is 0 Å². The molecule has 0 aromatic heterocycles. The van der Waals surface area contributed by atoms with Crippen LogP contribution in [-0.4, -0.2) is 11.2 Å². The van der Waals surface area contributed by atoms with Gasteiger partial charge < -0.3 is 5.11 Å². The van der Waals surface area contributed by atoms with Crippen molar-refractivity contribution in [3.8, 4) is 0 Å². The van der Waals surface area contributed by atoms with E-state index in [9.17, 15) is 0 Å². The average molecular weight is 100 g/mol. The highest BCUT2D eigenvalue weighted by molar-refractivity contribution is 4.84. The van der Waals surface area contributed by atoms with E-state index in [0.29, 0.717) is 0 Å². The van der Waals surface area contributed by atoms with Crippen LogP contribution in [0.25, 0.3) is 0 Å². The van der Waals surface area contributed by atoms with E-state index in [4.69, 9.17) is 5.11 Å². The van der Waals surface area contributed by atoms with Crippen LogP contribution in [0.3, 0.4) is 0 Å². The molecule has 0 fully saturated rings. The largest absolute Gasteiger partial charge is 0.389 e. The van der Waals surface area contributed by atoms with Gasteiger partial charge in [-0.1, -0.05) is 19.1 Å². The number of allylic oxidation sites excluding steroid dienone is 1. The van der Waals surface area contributed by atoms with Crippen LogP contribution in [0.2, 0.25) is 0 Å². The van der Waals surface area contributed by atoms with Gasteiger partial charge in [-0.25, -0.2) is 0 Å². The average Bonchev–Trinajstić information content (AvgIpc) is 1.61. The molecule has 1 heteroatoms. The normalized spacial score (nSPS) is 15.3. The molecule has 1 N–H and O–H groups in total. The summed E-state index contributed by atoms with van der Waals surface area (Å²) >= 11 is 0. The quantitative estimate of drug-likeness (QED) is 0.519. The molecular formula is C6H12O. The molecule has 0 aromatic carbocycles.